The van der Waals surface area contributed by atoms with E-state index in [1.54, 1.807) is 16.7 Å². The standard InChI is InChI=1S/C34H31N5O6/c40-16-28-27(41)15-29(45-28)39-19-37-31-32(35-18-36-33(31)39)38-34(43)21-12-9-20(10-13-21)11-14-30(42)44-17-26-24-7-3-1-5-22(24)23-6-2-4-8-25(23)26/h1-10,12-13,18-19,26-29,40-41H,11,14-17H2,(H,35,36,38,43)/t27?,28-,29-/m1/s1. The molecule has 3 aromatic carbocycles. The highest BCUT2D eigenvalue weighted by Gasteiger charge is 2.35. The maximum absolute atomic E-state index is 13.0. The van der Waals surface area contributed by atoms with E-state index in [4.69, 9.17) is 9.47 Å². The molecule has 0 spiro atoms. The smallest absolute Gasteiger partial charge is 0.306 e. The third-order valence-corrected chi connectivity index (χ3v) is 8.49. The first-order valence-corrected chi connectivity index (χ1v) is 14.9. The molecule has 1 fully saturated rings. The Morgan fingerprint density at radius 3 is 2.36 bits per heavy atom. The first kappa shape index (κ1) is 28.8. The van der Waals surface area contributed by atoms with Crippen LogP contribution >= 0.6 is 0 Å². The second kappa shape index (κ2) is 12.2. The van der Waals surface area contributed by atoms with Gasteiger partial charge in [-0.25, -0.2) is 15.0 Å². The molecule has 0 bridgehead atoms. The number of aliphatic hydroxyl groups excluding tert-OH is 2. The summed E-state index contributed by atoms with van der Waals surface area (Å²) in [6.07, 6.45) is 1.77. The quantitative estimate of drug-likeness (QED) is 0.212. The molecular weight excluding hydrogens is 574 g/mol. The highest BCUT2D eigenvalue weighted by molar-refractivity contribution is 6.06. The summed E-state index contributed by atoms with van der Waals surface area (Å²) in [7, 11) is 0. The van der Waals surface area contributed by atoms with Gasteiger partial charge in [0.15, 0.2) is 17.0 Å². The molecule has 228 valence electrons. The van der Waals surface area contributed by atoms with Crippen molar-refractivity contribution in [3.8, 4) is 11.1 Å². The van der Waals surface area contributed by atoms with Crippen molar-refractivity contribution in [2.75, 3.05) is 18.5 Å². The summed E-state index contributed by atoms with van der Waals surface area (Å²) in [4.78, 5) is 38.6. The van der Waals surface area contributed by atoms with E-state index < -0.39 is 18.4 Å². The number of aromatic nitrogens is 4. The van der Waals surface area contributed by atoms with Crippen LogP contribution in [0.4, 0.5) is 5.82 Å². The normalized spacial score (nSPS) is 18.9. The Kier molecular flexibility index (Phi) is 7.80. The van der Waals surface area contributed by atoms with Crippen molar-refractivity contribution in [3.05, 3.63) is 108 Å². The molecule has 1 unspecified atom stereocenters. The van der Waals surface area contributed by atoms with Gasteiger partial charge in [-0.15, -0.1) is 0 Å². The van der Waals surface area contributed by atoms with Crippen molar-refractivity contribution in [1.29, 1.82) is 0 Å². The van der Waals surface area contributed by atoms with Gasteiger partial charge in [0.1, 0.15) is 25.3 Å². The lowest BCUT2D eigenvalue weighted by molar-refractivity contribution is -0.143. The van der Waals surface area contributed by atoms with Crippen molar-refractivity contribution in [3.63, 3.8) is 0 Å². The van der Waals surface area contributed by atoms with Gasteiger partial charge in [0.25, 0.3) is 5.91 Å². The number of fused-ring (bicyclic) bond motifs is 4. The van der Waals surface area contributed by atoms with Crippen LogP contribution in [0.3, 0.4) is 0 Å². The Hall–Kier alpha value is -4.97. The Labute approximate surface area is 258 Å². The third-order valence-electron chi connectivity index (χ3n) is 8.49. The van der Waals surface area contributed by atoms with Crippen molar-refractivity contribution in [2.45, 2.75) is 43.6 Å². The van der Waals surface area contributed by atoms with Crippen molar-refractivity contribution >= 4 is 28.9 Å². The Morgan fingerprint density at radius 2 is 1.67 bits per heavy atom. The number of rotatable bonds is 9. The number of anilines is 1. The van der Waals surface area contributed by atoms with E-state index in [-0.39, 0.29) is 43.1 Å². The Bertz CT molecular complexity index is 1830. The average molecular weight is 606 g/mol. The summed E-state index contributed by atoms with van der Waals surface area (Å²) in [5.41, 5.74) is 6.85. The number of ether oxygens (including phenoxy) is 2. The van der Waals surface area contributed by atoms with E-state index in [1.807, 2.05) is 36.4 Å². The third kappa shape index (κ3) is 5.57. The summed E-state index contributed by atoms with van der Waals surface area (Å²) in [5.74, 6) is -0.386. The van der Waals surface area contributed by atoms with Crippen LogP contribution < -0.4 is 5.32 Å². The van der Waals surface area contributed by atoms with Gasteiger partial charge >= 0.3 is 5.97 Å². The minimum Gasteiger partial charge on any atom is -0.465 e. The summed E-state index contributed by atoms with van der Waals surface area (Å²) in [6.45, 7) is -0.00584. The summed E-state index contributed by atoms with van der Waals surface area (Å²) < 4.78 is 13.1. The van der Waals surface area contributed by atoms with Gasteiger partial charge in [-0.05, 0) is 46.4 Å². The molecule has 3 N–H and O–H groups in total. The van der Waals surface area contributed by atoms with Gasteiger partial charge in [0.05, 0.1) is 19.0 Å². The summed E-state index contributed by atoms with van der Waals surface area (Å²) in [5, 5.41) is 22.3. The van der Waals surface area contributed by atoms with Crippen LogP contribution in [0, 0.1) is 0 Å². The fourth-order valence-electron chi connectivity index (χ4n) is 6.14. The average Bonchev–Trinajstić information content (AvgIpc) is 3.76. The number of carbonyl (C=O) groups is 2. The summed E-state index contributed by atoms with van der Waals surface area (Å²) >= 11 is 0. The number of nitrogens with zero attached hydrogens (tertiary/aromatic N) is 4. The maximum Gasteiger partial charge on any atom is 0.306 e. The topological polar surface area (TPSA) is 149 Å². The van der Waals surface area contributed by atoms with Crippen LogP contribution in [0.1, 0.15) is 52.0 Å². The molecule has 2 aromatic heterocycles. The van der Waals surface area contributed by atoms with Crippen molar-refractivity contribution < 1.29 is 29.3 Å². The Balaban J connectivity index is 0.946. The molecule has 1 saturated heterocycles. The fourth-order valence-corrected chi connectivity index (χ4v) is 6.14. The van der Waals surface area contributed by atoms with Crippen LogP contribution in [-0.4, -0.2) is 67.0 Å². The van der Waals surface area contributed by atoms with E-state index in [0.717, 1.165) is 5.56 Å². The van der Waals surface area contributed by atoms with Crippen LogP contribution in [0.5, 0.6) is 0 Å². The number of nitrogens with one attached hydrogen (secondary N) is 1. The second-order valence-electron chi connectivity index (χ2n) is 11.2. The van der Waals surface area contributed by atoms with E-state index in [9.17, 15) is 19.8 Å². The van der Waals surface area contributed by atoms with Gasteiger partial charge in [-0.3, -0.25) is 14.2 Å². The van der Waals surface area contributed by atoms with E-state index in [2.05, 4.69) is 44.5 Å². The number of esters is 1. The maximum atomic E-state index is 13.0. The molecule has 2 aliphatic rings. The zero-order chi connectivity index (χ0) is 30.9. The molecule has 1 amide bonds. The molecule has 5 aromatic rings. The zero-order valence-corrected chi connectivity index (χ0v) is 24.2. The molecule has 3 atom stereocenters. The highest BCUT2D eigenvalue weighted by atomic mass is 16.5. The van der Waals surface area contributed by atoms with Gasteiger partial charge in [0.2, 0.25) is 0 Å². The fraction of sp³-hybridized carbons (Fsp3) is 0.265. The van der Waals surface area contributed by atoms with Gasteiger partial charge < -0.3 is 25.0 Å². The predicted octanol–water partition coefficient (Wildman–Crippen LogP) is 4.01. The van der Waals surface area contributed by atoms with Crippen LogP contribution in [0.15, 0.2) is 85.5 Å². The minimum absolute atomic E-state index is 0.0200. The number of carbonyl (C=O) groups excluding carboxylic acids is 2. The van der Waals surface area contributed by atoms with Gasteiger partial charge in [-0.2, -0.15) is 0 Å². The molecule has 11 nitrogen and oxygen atoms in total. The van der Waals surface area contributed by atoms with E-state index in [1.165, 1.54) is 34.9 Å². The molecular formula is C34H31N5O6. The molecule has 3 heterocycles. The van der Waals surface area contributed by atoms with Crippen molar-refractivity contribution in [1.82, 2.24) is 19.5 Å². The molecule has 1 aliphatic carbocycles. The van der Waals surface area contributed by atoms with Crippen molar-refractivity contribution in [2.24, 2.45) is 0 Å². The largest absolute Gasteiger partial charge is 0.465 e. The highest BCUT2D eigenvalue weighted by Crippen LogP contribution is 2.44. The predicted molar refractivity (Wildman–Crippen MR) is 164 cm³/mol. The number of aliphatic hydroxyl groups is 2. The number of benzene rings is 3. The van der Waals surface area contributed by atoms with E-state index in [0.29, 0.717) is 29.8 Å². The van der Waals surface area contributed by atoms with Gasteiger partial charge in [-0.1, -0.05) is 60.7 Å². The summed E-state index contributed by atoms with van der Waals surface area (Å²) in [6, 6.07) is 23.5. The van der Waals surface area contributed by atoms with Crippen LogP contribution in [0.25, 0.3) is 22.3 Å². The number of hydrogen-bond acceptors (Lipinski definition) is 9. The first-order chi connectivity index (χ1) is 22.0. The number of imidazole rings is 1. The lowest BCUT2D eigenvalue weighted by Crippen LogP contribution is -2.24. The number of aryl methyl sites for hydroxylation is 1. The second-order valence-corrected chi connectivity index (χ2v) is 11.2. The van der Waals surface area contributed by atoms with Gasteiger partial charge in [0, 0.05) is 24.3 Å². The molecule has 0 radical (unpaired) electrons. The Morgan fingerprint density at radius 1 is 0.956 bits per heavy atom. The SMILES string of the molecule is O=C(CCc1ccc(C(=O)Nc2ncnc3c2ncn3[C@H]2CC(O)[C@@H](CO)O2)cc1)OCC1c2ccccc2-c2ccccc21. The zero-order valence-electron chi connectivity index (χ0n) is 24.2. The number of hydrogen-bond donors (Lipinski definition) is 3. The van der Waals surface area contributed by atoms with Crippen LogP contribution in [0.2, 0.25) is 0 Å². The molecule has 7 rings (SSSR count). The number of amides is 1. The van der Waals surface area contributed by atoms with Crippen LogP contribution in [-0.2, 0) is 20.7 Å². The van der Waals surface area contributed by atoms with E-state index >= 15 is 0 Å². The molecule has 0 saturated carbocycles. The molecule has 45 heavy (non-hydrogen) atoms. The monoisotopic (exact) mass is 605 g/mol. The lowest BCUT2D eigenvalue weighted by Gasteiger charge is -2.14. The molecule has 1 aliphatic heterocycles. The first-order valence-electron chi connectivity index (χ1n) is 14.9. The minimum atomic E-state index is -0.805. The molecule has 11 heteroatoms. The lowest BCUT2D eigenvalue weighted by atomic mass is 9.98.